The van der Waals surface area contributed by atoms with Gasteiger partial charge in [-0.15, -0.1) is 0 Å². The molecule has 0 aromatic rings. The molecular weight excluding hydrogens is 464 g/mol. The number of amides is 1. The highest BCUT2D eigenvalue weighted by molar-refractivity contribution is 5.92. The minimum absolute atomic E-state index is 0.0273. The number of aliphatic hydroxyl groups is 2. The third kappa shape index (κ3) is 3.21. The van der Waals surface area contributed by atoms with E-state index in [1.54, 1.807) is 0 Å². The molecule has 0 heterocycles. The summed E-state index contributed by atoms with van der Waals surface area (Å²) in [5.74, 6) is 1.03. The Labute approximate surface area is 224 Å². The smallest absolute Gasteiger partial charge is 0.225 e. The SMILES string of the molecule is C[C@@H]([C@H]1[C@H](O)C[C@@]2(C)[C@@H]3CC[C@H]4[C@](C)(CO)[C@@H](NC(=O)C(C)(C)C)CC[C@@]45C[C@@]35C(=O)C[C@]12C)N(C)C. The second-order valence-corrected chi connectivity index (χ2v) is 15.9. The van der Waals surface area contributed by atoms with Crippen molar-refractivity contribution in [1.29, 1.82) is 0 Å². The third-order valence-electron chi connectivity index (χ3n) is 13.4. The summed E-state index contributed by atoms with van der Waals surface area (Å²) in [4.78, 5) is 29.6. The second-order valence-electron chi connectivity index (χ2n) is 15.9. The highest BCUT2D eigenvalue weighted by Gasteiger charge is 2.86. The predicted octanol–water partition coefficient (Wildman–Crippen LogP) is 4.03. The molecule has 0 saturated heterocycles. The molecule has 0 radical (unpaired) electrons. The fourth-order valence-electron chi connectivity index (χ4n) is 11.0. The summed E-state index contributed by atoms with van der Waals surface area (Å²) in [7, 11) is 4.16. The lowest BCUT2D eigenvalue weighted by molar-refractivity contribution is -0.173. The van der Waals surface area contributed by atoms with Gasteiger partial charge in [-0.1, -0.05) is 41.5 Å². The van der Waals surface area contributed by atoms with E-state index in [1.807, 2.05) is 20.8 Å². The Morgan fingerprint density at radius 1 is 1.11 bits per heavy atom. The molecule has 5 fully saturated rings. The number of nitrogens with one attached hydrogen (secondary N) is 1. The Hall–Kier alpha value is -0.980. The fourth-order valence-corrected chi connectivity index (χ4v) is 11.0. The van der Waals surface area contributed by atoms with E-state index in [0.717, 1.165) is 38.5 Å². The highest BCUT2D eigenvalue weighted by atomic mass is 16.3. The first-order chi connectivity index (χ1) is 17.0. The van der Waals surface area contributed by atoms with Crippen LogP contribution in [0.2, 0.25) is 0 Å². The van der Waals surface area contributed by atoms with Gasteiger partial charge in [-0.3, -0.25) is 9.59 Å². The molecule has 6 nitrogen and oxygen atoms in total. The average Bonchev–Trinajstić information content (AvgIpc) is 3.43. The first-order valence-corrected chi connectivity index (χ1v) is 14.8. The molecule has 0 aromatic heterocycles. The quantitative estimate of drug-likeness (QED) is 0.525. The van der Waals surface area contributed by atoms with Gasteiger partial charge in [0.1, 0.15) is 5.78 Å². The minimum Gasteiger partial charge on any atom is -0.396 e. The standard InChI is InChI=1S/C31H52N2O4/c1-18(33(8)9)24-19(35)14-28(6)21-11-10-20-27(5,17-34)22(32-25(37)26(2,3)4)12-13-30(20)16-31(21,30)23(36)15-29(24,28)7/h18-22,24,34-35H,10-17H2,1-9H3,(H,32,37)/t18-,19+,20-,21-,22-,24-,27-,28-,29+,30+,31-/m0/s1. The van der Waals surface area contributed by atoms with E-state index < -0.39 is 16.9 Å². The maximum Gasteiger partial charge on any atom is 0.225 e. The van der Waals surface area contributed by atoms with Crippen LogP contribution < -0.4 is 5.32 Å². The fraction of sp³-hybridized carbons (Fsp3) is 0.935. The molecule has 2 spiro atoms. The van der Waals surface area contributed by atoms with E-state index in [2.05, 4.69) is 52.0 Å². The third-order valence-corrected chi connectivity index (χ3v) is 13.4. The van der Waals surface area contributed by atoms with Crippen LogP contribution in [0.4, 0.5) is 0 Å². The Kier molecular flexibility index (Phi) is 5.99. The van der Waals surface area contributed by atoms with Gasteiger partial charge in [-0.05, 0) is 87.6 Å². The van der Waals surface area contributed by atoms with Crippen molar-refractivity contribution in [3.8, 4) is 0 Å². The molecule has 1 amide bonds. The number of Topliss-reactive ketones (excluding diaryl/α,β-unsaturated/α-hetero) is 1. The summed E-state index contributed by atoms with van der Waals surface area (Å²) in [5, 5.41) is 25.6. The summed E-state index contributed by atoms with van der Waals surface area (Å²) < 4.78 is 0. The van der Waals surface area contributed by atoms with Gasteiger partial charge in [-0.25, -0.2) is 0 Å². The molecule has 11 atom stereocenters. The molecule has 210 valence electrons. The number of hydrogen-bond donors (Lipinski definition) is 3. The van der Waals surface area contributed by atoms with E-state index in [0.29, 0.717) is 12.2 Å². The Morgan fingerprint density at radius 2 is 1.73 bits per heavy atom. The van der Waals surface area contributed by atoms with Crippen molar-refractivity contribution in [2.45, 2.75) is 112 Å². The topological polar surface area (TPSA) is 89.9 Å². The number of hydrogen-bond acceptors (Lipinski definition) is 5. The number of ketones is 1. The molecular formula is C31H52N2O4. The van der Waals surface area contributed by atoms with Crippen molar-refractivity contribution in [2.24, 2.45) is 50.2 Å². The van der Waals surface area contributed by atoms with Crippen molar-refractivity contribution in [3.05, 3.63) is 0 Å². The summed E-state index contributed by atoms with van der Waals surface area (Å²) in [6.45, 7) is 14.9. The van der Waals surface area contributed by atoms with E-state index in [9.17, 15) is 19.8 Å². The molecule has 0 unspecified atom stereocenters. The summed E-state index contributed by atoms with van der Waals surface area (Å²) in [6, 6.07) is 0.125. The summed E-state index contributed by atoms with van der Waals surface area (Å²) in [5.41, 5.74) is -1.63. The maximum atomic E-state index is 14.4. The molecule has 0 aliphatic heterocycles. The number of carbonyl (C=O) groups is 2. The minimum atomic E-state index is -0.480. The number of rotatable bonds is 4. The van der Waals surface area contributed by atoms with Gasteiger partial charge in [0.15, 0.2) is 0 Å². The Balaban J connectivity index is 1.50. The maximum absolute atomic E-state index is 14.4. The van der Waals surface area contributed by atoms with Crippen molar-refractivity contribution in [3.63, 3.8) is 0 Å². The predicted molar refractivity (Wildman–Crippen MR) is 145 cm³/mol. The van der Waals surface area contributed by atoms with Gasteiger partial charge in [0.2, 0.25) is 5.91 Å². The van der Waals surface area contributed by atoms with Gasteiger partial charge < -0.3 is 20.4 Å². The average molecular weight is 517 g/mol. The molecule has 5 rings (SSSR count). The van der Waals surface area contributed by atoms with Crippen molar-refractivity contribution >= 4 is 11.7 Å². The van der Waals surface area contributed by atoms with Crippen LogP contribution >= 0.6 is 0 Å². The van der Waals surface area contributed by atoms with E-state index in [4.69, 9.17) is 0 Å². The van der Waals surface area contributed by atoms with Gasteiger partial charge in [0.25, 0.3) is 0 Å². The monoisotopic (exact) mass is 516 g/mol. The lowest BCUT2D eigenvalue weighted by atomic mass is 9.41. The first kappa shape index (κ1) is 27.6. The normalized spacial score (nSPS) is 51.6. The van der Waals surface area contributed by atoms with Gasteiger partial charge in [0.05, 0.1) is 12.7 Å². The Morgan fingerprint density at radius 3 is 2.30 bits per heavy atom. The van der Waals surface area contributed by atoms with Crippen molar-refractivity contribution in [1.82, 2.24) is 10.2 Å². The lowest BCUT2D eigenvalue weighted by Gasteiger charge is -2.63. The number of aliphatic hydroxyl groups excluding tert-OH is 2. The molecule has 5 saturated carbocycles. The lowest BCUT2D eigenvalue weighted by Crippen LogP contribution is -2.64. The van der Waals surface area contributed by atoms with Crippen molar-refractivity contribution < 1.29 is 19.8 Å². The number of fused-ring (bicyclic) bond motifs is 2. The van der Waals surface area contributed by atoms with Crippen molar-refractivity contribution in [2.75, 3.05) is 20.7 Å². The highest BCUT2D eigenvalue weighted by Crippen LogP contribution is 2.87. The van der Waals surface area contributed by atoms with E-state index in [-0.39, 0.29) is 64.0 Å². The van der Waals surface area contributed by atoms with Crippen LogP contribution in [0, 0.1) is 50.2 Å². The zero-order valence-electron chi connectivity index (χ0n) is 24.8. The molecule has 5 aliphatic rings. The van der Waals surface area contributed by atoms with Crippen LogP contribution in [0.5, 0.6) is 0 Å². The molecule has 6 heteroatoms. The zero-order valence-corrected chi connectivity index (χ0v) is 24.8. The molecule has 37 heavy (non-hydrogen) atoms. The molecule has 5 aliphatic carbocycles. The van der Waals surface area contributed by atoms with Crippen LogP contribution in [-0.2, 0) is 9.59 Å². The molecule has 0 aromatic carbocycles. The second kappa shape index (κ2) is 8.04. The van der Waals surface area contributed by atoms with E-state index in [1.165, 1.54) is 0 Å². The number of carbonyl (C=O) groups excluding carboxylic acids is 2. The van der Waals surface area contributed by atoms with Crippen LogP contribution in [0.15, 0.2) is 0 Å². The van der Waals surface area contributed by atoms with Crippen LogP contribution in [0.25, 0.3) is 0 Å². The summed E-state index contributed by atoms with van der Waals surface area (Å²) >= 11 is 0. The molecule has 3 N–H and O–H groups in total. The van der Waals surface area contributed by atoms with Gasteiger partial charge in [0, 0.05) is 40.7 Å². The van der Waals surface area contributed by atoms with Crippen LogP contribution in [0.1, 0.15) is 93.4 Å². The molecule has 0 bridgehead atoms. The zero-order chi connectivity index (χ0) is 27.6. The van der Waals surface area contributed by atoms with Crippen LogP contribution in [0.3, 0.4) is 0 Å². The van der Waals surface area contributed by atoms with Crippen LogP contribution in [-0.4, -0.2) is 65.7 Å². The largest absolute Gasteiger partial charge is 0.396 e. The Bertz CT molecular complexity index is 990. The van der Waals surface area contributed by atoms with E-state index >= 15 is 0 Å². The van der Waals surface area contributed by atoms with Gasteiger partial charge >= 0.3 is 0 Å². The number of nitrogens with zero attached hydrogens (tertiary/aromatic N) is 1. The van der Waals surface area contributed by atoms with Gasteiger partial charge in [-0.2, -0.15) is 0 Å². The summed E-state index contributed by atoms with van der Waals surface area (Å²) in [6.07, 6.45) is 5.56. The first-order valence-electron chi connectivity index (χ1n) is 14.8.